The quantitative estimate of drug-likeness (QED) is 0.535. The van der Waals surface area contributed by atoms with E-state index >= 15 is 0 Å². The van der Waals surface area contributed by atoms with Gasteiger partial charge in [-0.2, -0.15) is 0 Å². The van der Waals surface area contributed by atoms with Crippen molar-refractivity contribution >= 4 is 23.9 Å². The minimum atomic E-state index is -0.805. The lowest BCUT2D eigenvalue weighted by Crippen LogP contribution is -2.51. The molecular formula is C23H19N3O3. The summed E-state index contributed by atoms with van der Waals surface area (Å²) >= 11 is 0. The Morgan fingerprint density at radius 2 is 1.38 bits per heavy atom. The van der Waals surface area contributed by atoms with E-state index in [1.165, 1.54) is 6.08 Å². The van der Waals surface area contributed by atoms with Gasteiger partial charge in [0.2, 0.25) is 0 Å². The van der Waals surface area contributed by atoms with E-state index in [-0.39, 0.29) is 5.57 Å². The molecule has 6 nitrogen and oxygen atoms in total. The fourth-order valence-electron chi connectivity index (χ4n) is 3.53. The standard InChI is InChI=1S/C23H19N3O3/c1-14-12-18(13-20-21(27)24-23(29)25-22(20)28)15(2)26(14)19-10-8-17(9-11-19)16-6-4-3-5-7-16/h3-13H,1-2H3,(H2,24,25,27,28,29). The molecule has 0 spiro atoms. The van der Waals surface area contributed by atoms with Crippen molar-refractivity contribution in [2.75, 3.05) is 0 Å². The highest BCUT2D eigenvalue weighted by Crippen LogP contribution is 2.26. The molecule has 0 radical (unpaired) electrons. The predicted molar refractivity (Wildman–Crippen MR) is 110 cm³/mol. The minimum absolute atomic E-state index is 0.0933. The normalized spacial score (nSPS) is 13.9. The molecule has 144 valence electrons. The monoisotopic (exact) mass is 385 g/mol. The molecule has 0 bridgehead atoms. The van der Waals surface area contributed by atoms with Crippen LogP contribution in [0.25, 0.3) is 22.9 Å². The van der Waals surface area contributed by atoms with Gasteiger partial charge in [-0.3, -0.25) is 20.2 Å². The molecule has 4 rings (SSSR count). The molecule has 3 aromatic rings. The number of aromatic nitrogens is 1. The Morgan fingerprint density at radius 1 is 0.793 bits per heavy atom. The molecule has 6 heteroatoms. The van der Waals surface area contributed by atoms with Gasteiger partial charge in [0.15, 0.2) is 0 Å². The maximum atomic E-state index is 12.0. The number of urea groups is 1. The molecule has 2 N–H and O–H groups in total. The van der Waals surface area contributed by atoms with Crippen molar-refractivity contribution in [1.82, 2.24) is 15.2 Å². The number of nitrogens with zero attached hydrogens (tertiary/aromatic N) is 1. The van der Waals surface area contributed by atoms with Gasteiger partial charge in [0.05, 0.1) is 0 Å². The van der Waals surface area contributed by atoms with Crippen molar-refractivity contribution in [2.24, 2.45) is 0 Å². The number of nitrogens with one attached hydrogen (secondary N) is 2. The zero-order valence-electron chi connectivity index (χ0n) is 16.0. The Bertz CT molecular complexity index is 1130. The van der Waals surface area contributed by atoms with Crippen LogP contribution in [0.3, 0.4) is 0 Å². The predicted octanol–water partition coefficient (Wildman–Crippen LogP) is 3.51. The third-order valence-electron chi connectivity index (χ3n) is 4.95. The highest BCUT2D eigenvalue weighted by Gasteiger charge is 2.28. The third-order valence-corrected chi connectivity index (χ3v) is 4.95. The van der Waals surface area contributed by atoms with Crippen LogP contribution >= 0.6 is 0 Å². The van der Waals surface area contributed by atoms with E-state index in [4.69, 9.17) is 0 Å². The van der Waals surface area contributed by atoms with Crippen LogP contribution in [-0.2, 0) is 9.59 Å². The summed E-state index contributed by atoms with van der Waals surface area (Å²) in [5.41, 5.74) is 5.76. The van der Waals surface area contributed by atoms with Crippen LogP contribution in [0.4, 0.5) is 4.79 Å². The molecule has 1 aliphatic rings. The number of carbonyl (C=O) groups excluding carboxylic acids is 3. The first-order valence-corrected chi connectivity index (χ1v) is 9.17. The van der Waals surface area contributed by atoms with Crippen LogP contribution < -0.4 is 10.6 Å². The third kappa shape index (κ3) is 3.48. The molecule has 0 atom stereocenters. The largest absolute Gasteiger partial charge is 0.328 e. The minimum Gasteiger partial charge on any atom is -0.318 e. The van der Waals surface area contributed by atoms with Gasteiger partial charge in [-0.05, 0) is 54.8 Å². The summed E-state index contributed by atoms with van der Waals surface area (Å²) in [6.45, 7) is 3.89. The van der Waals surface area contributed by atoms with Crippen molar-refractivity contribution in [2.45, 2.75) is 13.8 Å². The summed E-state index contributed by atoms with van der Waals surface area (Å²) in [6.07, 6.45) is 1.51. The Labute approximate surface area is 167 Å². The van der Waals surface area contributed by atoms with Crippen LogP contribution in [0.1, 0.15) is 17.0 Å². The lowest BCUT2D eigenvalue weighted by Gasteiger charge is -2.14. The molecule has 1 saturated heterocycles. The van der Waals surface area contributed by atoms with Crippen LogP contribution in [0, 0.1) is 13.8 Å². The molecular weight excluding hydrogens is 366 g/mol. The van der Waals surface area contributed by atoms with Gasteiger partial charge in [0, 0.05) is 17.1 Å². The lowest BCUT2D eigenvalue weighted by atomic mass is 10.1. The van der Waals surface area contributed by atoms with E-state index in [1.807, 2.05) is 50.2 Å². The summed E-state index contributed by atoms with van der Waals surface area (Å²) in [5.74, 6) is -1.40. The van der Waals surface area contributed by atoms with E-state index in [1.54, 1.807) is 0 Å². The van der Waals surface area contributed by atoms with Gasteiger partial charge in [-0.1, -0.05) is 42.5 Å². The van der Waals surface area contributed by atoms with Crippen LogP contribution in [0.5, 0.6) is 0 Å². The summed E-state index contributed by atoms with van der Waals surface area (Å²) in [5, 5.41) is 4.18. The molecule has 0 saturated carbocycles. The van der Waals surface area contributed by atoms with Gasteiger partial charge >= 0.3 is 6.03 Å². The smallest absolute Gasteiger partial charge is 0.318 e. The molecule has 4 amide bonds. The maximum Gasteiger partial charge on any atom is 0.328 e. The Hall–Kier alpha value is -3.93. The van der Waals surface area contributed by atoms with E-state index in [0.29, 0.717) is 0 Å². The molecule has 2 heterocycles. The maximum absolute atomic E-state index is 12.0. The first-order chi connectivity index (χ1) is 13.9. The van der Waals surface area contributed by atoms with Gasteiger partial charge in [0.25, 0.3) is 11.8 Å². The molecule has 29 heavy (non-hydrogen) atoms. The highest BCUT2D eigenvalue weighted by molar-refractivity contribution is 6.31. The summed E-state index contributed by atoms with van der Waals surface area (Å²) in [4.78, 5) is 35.2. The number of rotatable bonds is 3. The number of hydrogen-bond acceptors (Lipinski definition) is 3. The number of carbonyl (C=O) groups is 3. The zero-order valence-corrected chi connectivity index (χ0v) is 16.0. The number of benzene rings is 2. The van der Waals surface area contributed by atoms with Gasteiger partial charge < -0.3 is 4.57 Å². The SMILES string of the molecule is Cc1cc(C=C2C(=O)NC(=O)NC2=O)c(C)n1-c1ccc(-c2ccccc2)cc1. The highest BCUT2D eigenvalue weighted by atomic mass is 16.2. The fraction of sp³-hybridized carbons (Fsp3) is 0.0870. The number of hydrogen-bond donors (Lipinski definition) is 2. The second-order valence-electron chi connectivity index (χ2n) is 6.87. The van der Waals surface area contributed by atoms with E-state index < -0.39 is 17.8 Å². The van der Waals surface area contributed by atoms with Gasteiger partial charge in [0.1, 0.15) is 5.57 Å². The lowest BCUT2D eigenvalue weighted by molar-refractivity contribution is -0.123. The number of imide groups is 2. The average molecular weight is 385 g/mol. The van der Waals surface area contributed by atoms with Crippen molar-refractivity contribution < 1.29 is 14.4 Å². The fourth-order valence-corrected chi connectivity index (χ4v) is 3.53. The first kappa shape index (κ1) is 18.4. The summed E-state index contributed by atoms with van der Waals surface area (Å²) in [6, 6.07) is 19.4. The van der Waals surface area contributed by atoms with Gasteiger partial charge in [-0.15, -0.1) is 0 Å². The molecule has 1 aliphatic heterocycles. The van der Waals surface area contributed by atoms with Crippen LogP contribution in [0.15, 0.2) is 66.2 Å². The zero-order chi connectivity index (χ0) is 20.5. The van der Waals surface area contributed by atoms with E-state index in [0.717, 1.165) is 33.8 Å². The first-order valence-electron chi connectivity index (χ1n) is 9.17. The van der Waals surface area contributed by atoms with Crippen LogP contribution in [-0.4, -0.2) is 22.4 Å². The molecule has 2 aromatic carbocycles. The Balaban J connectivity index is 1.69. The summed E-state index contributed by atoms with van der Waals surface area (Å²) < 4.78 is 2.06. The molecule has 1 fully saturated rings. The second-order valence-corrected chi connectivity index (χ2v) is 6.87. The topological polar surface area (TPSA) is 80.2 Å². The Morgan fingerprint density at radius 3 is 2.00 bits per heavy atom. The van der Waals surface area contributed by atoms with Gasteiger partial charge in [-0.25, -0.2) is 4.79 Å². The number of amides is 4. The second kappa shape index (κ2) is 7.24. The molecule has 0 unspecified atom stereocenters. The average Bonchev–Trinajstić information content (AvgIpc) is 2.98. The van der Waals surface area contributed by atoms with Crippen molar-refractivity contribution in [3.63, 3.8) is 0 Å². The van der Waals surface area contributed by atoms with Crippen LogP contribution in [0.2, 0.25) is 0 Å². The number of aryl methyl sites for hydroxylation is 1. The van der Waals surface area contributed by atoms with Crippen molar-refractivity contribution in [3.8, 4) is 16.8 Å². The molecule has 0 aliphatic carbocycles. The Kier molecular flexibility index (Phi) is 4.60. The number of barbiturate groups is 1. The van der Waals surface area contributed by atoms with E-state index in [2.05, 4.69) is 39.5 Å². The van der Waals surface area contributed by atoms with Crippen molar-refractivity contribution in [3.05, 3.63) is 83.2 Å². The van der Waals surface area contributed by atoms with E-state index in [9.17, 15) is 14.4 Å². The molecule has 1 aromatic heterocycles. The van der Waals surface area contributed by atoms with Crippen molar-refractivity contribution in [1.29, 1.82) is 0 Å². The summed E-state index contributed by atoms with van der Waals surface area (Å²) in [7, 11) is 0.